The lowest BCUT2D eigenvalue weighted by Gasteiger charge is -2.09. The van der Waals surface area contributed by atoms with Crippen molar-refractivity contribution in [2.24, 2.45) is 0 Å². The van der Waals surface area contributed by atoms with Crippen LogP contribution in [-0.4, -0.2) is 9.78 Å². The molecule has 1 N–H and O–H groups in total. The summed E-state index contributed by atoms with van der Waals surface area (Å²) in [4.78, 5) is 11.8. The molecular weight excluding hydrogens is 313 g/mol. The Morgan fingerprint density at radius 1 is 1.37 bits per heavy atom. The number of rotatable bonds is 4. The lowest BCUT2D eigenvalue weighted by molar-refractivity contribution is 0.613. The molecule has 0 amide bonds. The van der Waals surface area contributed by atoms with Crippen molar-refractivity contribution in [3.05, 3.63) is 56.7 Å². The van der Waals surface area contributed by atoms with Crippen molar-refractivity contribution in [1.29, 1.82) is 0 Å². The summed E-state index contributed by atoms with van der Waals surface area (Å²) in [6.07, 6.45) is 1.60. The van der Waals surface area contributed by atoms with Crippen molar-refractivity contribution in [3.8, 4) is 0 Å². The Balaban J connectivity index is 2.14. The van der Waals surface area contributed by atoms with E-state index in [1.54, 1.807) is 18.3 Å². The molecule has 1 aromatic heterocycles. The van der Waals surface area contributed by atoms with Gasteiger partial charge < -0.3 is 5.32 Å². The van der Waals surface area contributed by atoms with Gasteiger partial charge in [-0.2, -0.15) is 5.10 Å². The predicted octanol–water partition coefficient (Wildman–Crippen LogP) is 2.78. The maximum Gasteiger partial charge on any atom is 0.283 e. The van der Waals surface area contributed by atoms with Crippen LogP contribution in [0.5, 0.6) is 0 Å². The fraction of sp³-hybridized carbons (Fsp3) is 0.231. The van der Waals surface area contributed by atoms with Crippen LogP contribution in [0.25, 0.3) is 0 Å². The second-order valence-corrected chi connectivity index (χ2v) is 4.77. The SMILES string of the molecule is CCn1ncc(NCc2ccc(F)cc2)c(Br)c1=O. The van der Waals surface area contributed by atoms with Crippen molar-refractivity contribution >= 4 is 21.6 Å². The van der Waals surface area contributed by atoms with Gasteiger partial charge in [0.2, 0.25) is 0 Å². The van der Waals surface area contributed by atoms with Gasteiger partial charge >= 0.3 is 0 Å². The van der Waals surface area contributed by atoms with Crippen molar-refractivity contribution in [3.63, 3.8) is 0 Å². The van der Waals surface area contributed by atoms with Crippen molar-refractivity contribution in [2.45, 2.75) is 20.0 Å². The zero-order chi connectivity index (χ0) is 13.8. The number of hydrogen-bond donors (Lipinski definition) is 1. The molecule has 0 radical (unpaired) electrons. The zero-order valence-electron chi connectivity index (χ0n) is 10.4. The summed E-state index contributed by atoms with van der Waals surface area (Å²) in [7, 11) is 0. The van der Waals surface area contributed by atoms with Crippen molar-refractivity contribution in [2.75, 3.05) is 5.32 Å². The first-order valence-corrected chi connectivity index (χ1v) is 6.65. The average Bonchev–Trinajstić information content (AvgIpc) is 2.42. The van der Waals surface area contributed by atoms with Crippen LogP contribution >= 0.6 is 15.9 Å². The Kier molecular flexibility index (Phi) is 4.31. The average molecular weight is 326 g/mol. The quantitative estimate of drug-likeness (QED) is 0.940. The maximum atomic E-state index is 12.8. The molecule has 0 aliphatic rings. The zero-order valence-corrected chi connectivity index (χ0v) is 11.9. The van der Waals surface area contributed by atoms with E-state index in [1.807, 2.05) is 6.92 Å². The third-order valence-corrected chi connectivity index (χ3v) is 3.45. The highest BCUT2D eigenvalue weighted by Gasteiger charge is 2.07. The predicted molar refractivity (Wildman–Crippen MR) is 75.6 cm³/mol. The van der Waals surface area contributed by atoms with E-state index >= 15 is 0 Å². The van der Waals surface area contributed by atoms with E-state index in [1.165, 1.54) is 16.8 Å². The van der Waals surface area contributed by atoms with E-state index in [0.717, 1.165) is 5.56 Å². The molecule has 0 aliphatic heterocycles. The van der Waals surface area contributed by atoms with Gasteiger partial charge in [0.25, 0.3) is 5.56 Å². The minimum Gasteiger partial charge on any atom is -0.379 e. The van der Waals surface area contributed by atoms with Gasteiger partial charge in [0.1, 0.15) is 10.3 Å². The number of aromatic nitrogens is 2. The number of anilines is 1. The summed E-state index contributed by atoms with van der Waals surface area (Å²) in [5, 5.41) is 7.13. The number of nitrogens with one attached hydrogen (secondary N) is 1. The molecule has 100 valence electrons. The fourth-order valence-corrected chi connectivity index (χ4v) is 2.06. The molecule has 2 aromatic rings. The lowest BCUT2D eigenvalue weighted by Crippen LogP contribution is -2.23. The number of benzene rings is 1. The Morgan fingerprint density at radius 3 is 2.68 bits per heavy atom. The smallest absolute Gasteiger partial charge is 0.283 e. The summed E-state index contributed by atoms with van der Waals surface area (Å²) < 4.78 is 14.6. The molecule has 6 heteroatoms. The van der Waals surface area contributed by atoms with Crippen LogP contribution in [0.15, 0.2) is 39.7 Å². The standard InChI is InChI=1S/C13H13BrFN3O/c1-2-18-13(19)12(14)11(8-17-18)16-7-9-3-5-10(15)6-4-9/h3-6,8,16H,2,7H2,1H3. The Hall–Kier alpha value is -1.69. The summed E-state index contributed by atoms with van der Waals surface area (Å²) >= 11 is 3.26. The van der Waals surface area contributed by atoms with Gasteiger partial charge in [-0.05, 0) is 40.5 Å². The van der Waals surface area contributed by atoms with Crippen LogP contribution in [0, 0.1) is 5.82 Å². The third-order valence-electron chi connectivity index (χ3n) is 2.68. The summed E-state index contributed by atoms with van der Waals surface area (Å²) in [6, 6.07) is 6.19. The first-order chi connectivity index (χ1) is 9.11. The van der Waals surface area contributed by atoms with Gasteiger partial charge in [0.15, 0.2) is 0 Å². The van der Waals surface area contributed by atoms with Gasteiger partial charge in [-0.1, -0.05) is 12.1 Å². The van der Waals surface area contributed by atoms with E-state index in [0.29, 0.717) is 23.2 Å². The second-order valence-electron chi connectivity index (χ2n) is 3.97. The molecule has 0 fully saturated rings. The summed E-state index contributed by atoms with van der Waals surface area (Å²) in [5.41, 5.74) is 1.37. The van der Waals surface area contributed by atoms with Gasteiger partial charge in [-0.25, -0.2) is 9.07 Å². The van der Waals surface area contributed by atoms with E-state index in [2.05, 4.69) is 26.3 Å². The Bertz CT molecular complexity index is 625. The van der Waals surface area contributed by atoms with Gasteiger partial charge in [0, 0.05) is 13.1 Å². The van der Waals surface area contributed by atoms with Crippen LogP contribution in [0.1, 0.15) is 12.5 Å². The molecular formula is C13H13BrFN3O. The van der Waals surface area contributed by atoms with Crippen molar-refractivity contribution < 1.29 is 4.39 Å². The van der Waals surface area contributed by atoms with Crippen LogP contribution in [0.3, 0.4) is 0 Å². The highest BCUT2D eigenvalue weighted by molar-refractivity contribution is 9.10. The van der Waals surface area contributed by atoms with E-state index < -0.39 is 0 Å². The van der Waals surface area contributed by atoms with Crippen molar-refractivity contribution in [1.82, 2.24) is 9.78 Å². The number of hydrogen-bond acceptors (Lipinski definition) is 3. The van der Waals surface area contributed by atoms with E-state index in [9.17, 15) is 9.18 Å². The van der Waals surface area contributed by atoms with Gasteiger partial charge in [0.05, 0.1) is 11.9 Å². The molecule has 0 saturated heterocycles. The summed E-state index contributed by atoms with van der Waals surface area (Å²) in [5.74, 6) is -0.267. The summed E-state index contributed by atoms with van der Waals surface area (Å²) in [6.45, 7) is 2.87. The van der Waals surface area contributed by atoms with E-state index in [4.69, 9.17) is 0 Å². The molecule has 0 bridgehead atoms. The molecule has 0 saturated carbocycles. The van der Waals surface area contributed by atoms with E-state index in [-0.39, 0.29) is 11.4 Å². The molecule has 0 atom stereocenters. The highest BCUT2D eigenvalue weighted by atomic mass is 79.9. The third kappa shape index (κ3) is 3.20. The van der Waals surface area contributed by atoms with Crippen LogP contribution < -0.4 is 10.9 Å². The molecule has 4 nitrogen and oxygen atoms in total. The lowest BCUT2D eigenvalue weighted by atomic mass is 10.2. The molecule has 1 aromatic carbocycles. The Labute approximate surface area is 118 Å². The first kappa shape index (κ1) is 13.7. The molecule has 19 heavy (non-hydrogen) atoms. The maximum absolute atomic E-state index is 12.8. The van der Waals surface area contributed by atoms with Crippen LogP contribution in [-0.2, 0) is 13.1 Å². The normalized spacial score (nSPS) is 10.5. The fourth-order valence-electron chi connectivity index (χ4n) is 1.61. The number of aryl methyl sites for hydroxylation is 1. The highest BCUT2D eigenvalue weighted by Crippen LogP contribution is 2.17. The number of halogens is 2. The molecule has 0 spiro atoms. The van der Waals surface area contributed by atoms with Crippen LogP contribution in [0.4, 0.5) is 10.1 Å². The van der Waals surface area contributed by atoms with Gasteiger partial charge in [-0.3, -0.25) is 4.79 Å². The monoisotopic (exact) mass is 325 g/mol. The first-order valence-electron chi connectivity index (χ1n) is 5.85. The largest absolute Gasteiger partial charge is 0.379 e. The molecule has 0 aliphatic carbocycles. The minimum absolute atomic E-state index is 0.174. The van der Waals surface area contributed by atoms with Gasteiger partial charge in [-0.15, -0.1) is 0 Å². The van der Waals surface area contributed by atoms with Crippen LogP contribution in [0.2, 0.25) is 0 Å². The Morgan fingerprint density at radius 2 is 2.05 bits per heavy atom. The number of nitrogens with zero attached hydrogens (tertiary/aromatic N) is 2. The minimum atomic E-state index is -0.267. The second kappa shape index (κ2) is 5.97. The topological polar surface area (TPSA) is 46.9 Å². The molecule has 0 unspecified atom stereocenters. The molecule has 2 rings (SSSR count). The molecule has 1 heterocycles.